The van der Waals surface area contributed by atoms with Crippen molar-refractivity contribution in [1.29, 1.82) is 0 Å². The highest BCUT2D eigenvalue weighted by atomic mass is 32.2. The van der Waals surface area contributed by atoms with Gasteiger partial charge in [0.15, 0.2) is 0 Å². The predicted molar refractivity (Wildman–Crippen MR) is 77.9 cm³/mol. The van der Waals surface area contributed by atoms with Crippen LogP contribution in [0.4, 0.5) is 0 Å². The van der Waals surface area contributed by atoms with Crippen molar-refractivity contribution in [2.24, 2.45) is 7.05 Å². The molecule has 3 rings (SSSR count). The summed E-state index contributed by atoms with van der Waals surface area (Å²) in [7, 11) is 1.97. The molecule has 0 radical (unpaired) electrons. The second-order valence-electron chi connectivity index (χ2n) is 5.37. The molecule has 2 aromatic rings. The van der Waals surface area contributed by atoms with Crippen LogP contribution >= 0.6 is 11.8 Å². The smallest absolute Gasteiger partial charge is 0.262 e. The van der Waals surface area contributed by atoms with Gasteiger partial charge in [-0.2, -0.15) is 5.10 Å². The van der Waals surface area contributed by atoms with Gasteiger partial charge in [-0.05, 0) is 45.4 Å². The van der Waals surface area contributed by atoms with Gasteiger partial charge in [0.2, 0.25) is 0 Å². The summed E-state index contributed by atoms with van der Waals surface area (Å²) in [5.74, 6) is 0.879. The minimum Gasteiger partial charge on any atom is -0.436 e. The Balaban J connectivity index is 1.83. The van der Waals surface area contributed by atoms with Crippen molar-refractivity contribution in [2.75, 3.05) is 0 Å². The maximum atomic E-state index is 5.67. The molecule has 0 bridgehead atoms. The number of hydrogen-bond donors (Lipinski definition) is 1. The van der Waals surface area contributed by atoms with Crippen LogP contribution in [0.15, 0.2) is 14.7 Å². The quantitative estimate of drug-likeness (QED) is 0.918. The fourth-order valence-corrected chi connectivity index (χ4v) is 3.15. The first-order chi connectivity index (χ1) is 9.54. The Bertz CT molecular complexity index is 608. The average molecular weight is 292 g/mol. The van der Waals surface area contributed by atoms with Crippen LogP contribution in [0.25, 0.3) is 0 Å². The van der Waals surface area contributed by atoms with Crippen LogP contribution in [0.5, 0.6) is 0 Å². The van der Waals surface area contributed by atoms with E-state index in [0.29, 0.717) is 11.3 Å². The van der Waals surface area contributed by atoms with Gasteiger partial charge < -0.3 is 9.73 Å². The largest absolute Gasteiger partial charge is 0.436 e. The Kier molecular flexibility index (Phi) is 3.60. The van der Waals surface area contributed by atoms with Crippen molar-refractivity contribution < 1.29 is 4.42 Å². The molecule has 0 spiro atoms. The number of nitrogens with one attached hydrogen (secondary N) is 1. The van der Waals surface area contributed by atoms with Crippen molar-refractivity contribution in [3.05, 3.63) is 22.7 Å². The van der Waals surface area contributed by atoms with Crippen LogP contribution in [-0.4, -0.2) is 20.8 Å². The number of hydrogen-bond acceptors (Lipinski definition) is 5. The van der Waals surface area contributed by atoms with Crippen molar-refractivity contribution in [3.8, 4) is 0 Å². The number of aryl methyl sites for hydroxylation is 4. The maximum absolute atomic E-state index is 5.67. The Hall–Kier alpha value is -1.27. The van der Waals surface area contributed by atoms with Crippen LogP contribution in [0, 0.1) is 20.8 Å². The van der Waals surface area contributed by atoms with E-state index in [1.807, 2.05) is 25.6 Å². The van der Waals surface area contributed by atoms with Gasteiger partial charge in [0.1, 0.15) is 10.8 Å². The molecule has 1 fully saturated rings. The minimum atomic E-state index is 0.690. The zero-order valence-corrected chi connectivity index (χ0v) is 13.2. The summed E-state index contributed by atoms with van der Waals surface area (Å²) in [4.78, 5) is 4.44. The third kappa shape index (κ3) is 2.76. The molecule has 6 heteroatoms. The molecule has 0 amide bonds. The standard InChI is InChI=1S/C14H20N4OS/c1-8-10(3)19-14(16-8)20-13-12(7-15-11-5-6-11)9(2)17-18(13)4/h11,15H,5-7H2,1-4H3. The molecule has 108 valence electrons. The van der Waals surface area contributed by atoms with Gasteiger partial charge in [-0.3, -0.25) is 4.68 Å². The number of aromatic nitrogens is 3. The number of rotatable bonds is 5. The zero-order chi connectivity index (χ0) is 14.3. The van der Waals surface area contributed by atoms with Crippen molar-refractivity contribution in [3.63, 3.8) is 0 Å². The molecule has 5 nitrogen and oxygen atoms in total. The molecular formula is C14H20N4OS. The molecule has 0 unspecified atom stereocenters. The second kappa shape index (κ2) is 5.26. The predicted octanol–water partition coefficient (Wildman–Crippen LogP) is 2.74. The molecule has 2 heterocycles. The summed E-state index contributed by atoms with van der Waals surface area (Å²) >= 11 is 1.55. The molecule has 2 aromatic heterocycles. The van der Waals surface area contributed by atoms with Gasteiger partial charge in [-0.15, -0.1) is 0 Å². The van der Waals surface area contributed by atoms with Crippen LogP contribution in [0.3, 0.4) is 0 Å². The fraction of sp³-hybridized carbons (Fsp3) is 0.571. The lowest BCUT2D eigenvalue weighted by Gasteiger charge is -2.05. The first kappa shape index (κ1) is 13.7. The van der Waals surface area contributed by atoms with Gasteiger partial charge in [0, 0.05) is 25.2 Å². The Morgan fingerprint density at radius 2 is 2.05 bits per heavy atom. The normalized spacial score (nSPS) is 15.0. The summed E-state index contributed by atoms with van der Waals surface area (Å²) < 4.78 is 7.58. The Morgan fingerprint density at radius 1 is 1.30 bits per heavy atom. The molecule has 20 heavy (non-hydrogen) atoms. The van der Waals surface area contributed by atoms with Crippen LogP contribution in [0.1, 0.15) is 35.6 Å². The van der Waals surface area contributed by atoms with Crippen LogP contribution in [-0.2, 0) is 13.6 Å². The topological polar surface area (TPSA) is 55.9 Å². The van der Waals surface area contributed by atoms with E-state index in [-0.39, 0.29) is 0 Å². The van der Waals surface area contributed by atoms with Crippen molar-refractivity contribution in [1.82, 2.24) is 20.1 Å². The van der Waals surface area contributed by atoms with Gasteiger partial charge in [0.25, 0.3) is 5.22 Å². The van der Waals surface area contributed by atoms with E-state index in [4.69, 9.17) is 4.42 Å². The molecule has 1 N–H and O–H groups in total. The van der Waals surface area contributed by atoms with E-state index in [2.05, 4.69) is 22.3 Å². The Labute approximate surface area is 123 Å². The Morgan fingerprint density at radius 3 is 2.65 bits per heavy atom. The molecule has 0 aliphatic heterocycles. The molecule has 1 aliphatic carbocycles. The van der Waals surface area contributed by atoms with E-state index >= 15 is 0 Å². The van der Waals surface area contributed by atoms with Gasteiger partial charge in [-0.1, -0.05) is 0 Å². The molecule has 0 atom stereocenters. The van der Waals surface area contributed by atoms with Gasteiger partial charge >= 0.3 is 0 Å². The van der Waals surface area contributed by atoms with E-state index in [9.17, 15) is 0 Å². The number of nitrogens with zero attached hydrogens (tertiary/aromatic N) is 3. The lowest BCUT2D eigenvalue weighted by atomic mass is 10.2. The fourth-order valence-electron chi connectivity index (χ4n) is 2.12. The summed E-state index contributed by atoms with van der Waals surface area (Å²) in [6, 6.07) is 0.693. The lowest BCUT2D eigenvalue weighted by molar-refractivity contribution is 0.430. The highest BCUT2D eigenvalue weighted by Crippen LogP contribution is 2.32. The minimum absolute atomic E-state index is 0.690. The van der Waals surface area contributed by atoms with Crippen LogP contribution in [0.2, 0.25) is 0 Å². The monoisotopic (exact) mass is 292 g/mol. The third-order valence-corrected chi connectivity index (χ3v) is 4.68. The van der Waals surface area contributed by atoms with Gasteiger partial charge in [-0.25, -0.2) is 4.98 Å². The second-order valence-corrected chi connectivity index (χ2v) is 6.31. The first-order valence-corrected chi connectivity index (χ1v) is 7.74. The third-order valence-electron chi connectivity index (χ3n) is 3.63. The summed E-state index contributed by atoms with van der Waals surface area (Å²) in [6.45, 7) is 6.83. The molecular weight excluding hydrogens is 272 g/mol. The van der Waals surface area contributed by atoms with Gasteiger partial charge in [0.05, 0.1) is 11.4 Å². The number of oxazole rings is 1. The summed E-state index contributed by atoms with van der Waals surface area (Å²) in [6.07, 6.45) is 2.58. The zero-order valence-electron chi connectivity index (χ0n) is 12.4. The first-order valence-electron chi connectivity index (χ1n) is 6.92. The van der Waals surface area contributed by atoms with Crippen molar-refractivity contribution >= 4 is 11.8 Å². The molecule has 1 aliphatic rings. The SMILES string of the molecule is Cc1nc(Sc2c(CNC3CC3)c(C)nn2C)oc1C. The van der Waals surface area contributed by atoms with E-state index in [0.717, 1.165) is 28.7 Å². The van der Waals surface area contributed by atoms with Crippen molar-refractivity contribution in [2.45, 2.75) is 56.4 Å². The van der Waals surface area contributed by atoms with Crippen LogP contribution < -0.4 is 5.32 Å². The highest BCUT2D eigenvalue weighted by Gasteiger charge is 2.23. The van der Waals surface area contributed by atoms with E-state index in [1.54, 1.807) is 11.8 Å². The summed E-state index contributed by atoms with van der Waals surface area (Å²) in [5.41, 5.74) is 3.27. The van der Waals surface area contributed by atoms with E-state index < -0.39 is 0 Å². The lowest BCUT2D eigenvalue weighted by Crippen LogP contribution is -2.16. The molecule has 0 saturated heterocycles. The maximum Gasteiger partial charge on any atom is 0.262 e. The summed E-state index contributed by atoms with van der Waals surface area (Å²) in [5, 5.41) is 9.87. The molecule has 1 saturated carbocycles. The van der Waals surface area contributed by atoms with E-state index in [1.165, 1.54) is 18.4 Å². The average Bonchev–Trinajstić information content (AvgIpc) is 3.10. The highest BCUT2D eigenvalue weighted by molar-refractivity contribution is 7.99. The molecule has 0 aromatic carbocycles.